The molecule has 2 aliphatic rings. The van der Waals surface area contributed by atoms with Gasteiger partial charge in [0.15, 0.2) is 5.65 Å². The van der Waals surface area contributed by atoms with E-state index in [0.29, 0.717) is 5.69 Å². The zero-order valence-electron chi connectivity index (χ0n) is 18.4. The van der Waals surface area contributed by atoms with E-state index in [1.54, 1.807) is 18.5 Å². The van der Waals surface area contributed by atoms with E-state index in [4.69, 9.17) is 4.98 Å². The summed E-state index contributed by atoms with van der Waals surface area (Å²) in [7, 11) is 0. The fourth-order valence-corrected chi connectivity index (χ4v) is 4.66. The highest BCUT2D eigenvalue weighted by Gasteiger charge is 2.48. The highest BCUT2D eigenvalue weighted by Crippen LogP contribution is 2.43. The van der Waals surface area contributed by atoms with Crippen LogP contribution in [0.25, 0.3) is 11.2 Å². The van der Waals surface area contributed by atoms with E-state index in [1.165, 1.54) is 6.20 Å². The molecule has 0 bridgehead atoms. The van der Waals surface area contributed by atoms with Crippen molar-refractivity contribution < 1.29 is 13.2 Å². The molecule has 3 aromatic heterocycles. The van der Waals surface area contributed by atoms with Gasteiger partial charge in [-0.3, -0.25) is 4.98 Å². The lowest BCUT2D eigenvalue weighted by atomic mass is 9.79. The van der Waals surface area contributed by atoms with Crippen LogP contribution in [0, 0.1) is 10.8 Å². The summed E-state index contributed by atoms with van der Waals surface area (Å²) in [5, 5.41) is 4.45. The molecule has 0 saturated carbocycles. The molecule has 2 saturated heterocycles. The Hall–Kier alpha value is -2.91. The molecule has 0 radical (unpaired) electrons. The van der Waals surface area contributed by atoms with Crippen LogP contribution in [-0.2, 0) is 12.7 Å². The number of anilines is 2. The largest absolute Gasteiger partial charge is 0.433 e. The minimum Gasteiger partial charge on any atom is -0.370 e. The molecule has 0 N–H and O–H groups in total. The van der Waals surface area contributed by atoms with Crippen molar-refractivity contribution in [3.63, 3.8) is 0 Å². The van der Waals surface area contributed by atoms with E-state index in [2.05, 4.69) is 40.7 Å². The standard InChI is InChI=1S/C22H26F3N7/c1-20(2,3)11-32-19-16(9-28-32)27-10-18(29-19)30-7-5-21(12-30)13-31(14-21)15-4-6-26-17(8-15)22(23,24)25/h4,6,8-10H,5,7,11-14H2,1-3H3. The second kappa shape index (κ2) is 7.05. The molecular weight excluding hydrogens is 419 g/mol. The van der Waals surface area contributed by atoms with E-state index in [-0.39, 0.29) is 10.8 Å². The van der Waals surface area contributed by atoms with E-state index in [0.717, 1.165) is 62.2 Å². The van der Waals surface area contributed by atoms with Gasteiger partial charge >= 0.3 is 6.18 Å². The van der Waals surface area contributed by atoms with Crippen LogP contribution in [0.1, 0.15) is 32.9 Å². The maximum Gasteiger partial charge on any atom is 0.433 e. The van der Waals surface area contributed by atoms with Gasteiger partial charge in [0, 0.05) is 50.0 Å². The molecule has 0 atom stereocenters. The lowest BCUT2D eigenvalue weighted by Gasteiger charge is -2.49. The second-order valence-electron chi connectivity index (χ2n) is 10.2. The number of alkyl halides is 3. The van der Waals surface area contributed by atoms with E-state index in [9.17, 15) is 13.2 Å². The van der Waals surface area contributed by atoms with E-state index >= 15 is 0 Å². The summed E-state index contributed by atoms with van der Waals surface area (Å²) in [6.45, 7) is 10.3. The predicted octanol–water partition coefficient (Wildman–Crippen LogP) is 4.00. The van der Waals surface area contributed by atoms with Crippen LogP contribution < -0.4 is 9.80 Å². The molecule has 0 aromatic carbocycles. The molecule has 170 valence electrons. The Morgan fingerprint density at radius 1 is 1.03 bits per heavy atom. The van der Waals surface area contributed by atoms with Crippen LogP contribution in [-0.4, -0.2) is 50.9 Å². The Labute approximate surface area is 184 Å². The number of halogens is 3. The van der Waals surface area contributed by atoms with Gasteiger partial charge in [-0.2, -0.15) is 18.3 Å². The van der Waals surface area contributed by atoms with Gasteiger partial charge in [0.2, 0.25) is 0 Å². The van der Waals surface area contributed by atoms with Crippen molar-refractivity contribution in [1.29, 1.82) is 0 Å². The summed E-state index contributed by atoms with van der Waals surface area (Å²) in [4.78, 5) is 17.1. The molecule has 5 rings (SSSR count). The number of aromatic nitrogens is 5. The van der Waals surface area contributed by atoms with Crippen LogP contribution in [0.2, 0.25) is 0 Å². The summed E-state index contributed by atoms with van der Waals surface area (Å²) in [6, 6.07) is 2.78. The van der Waals surface area contributed by atoms with Crippen molar-refractivity contribution in [2.24, 2.45) is 10.8 Å². The van der Waals surface area contributed by atoms with Gasteiger partial charge < -0.3 is 9.80 Å². The normalized spacial score (nSPS) is 18.6. The number of fused-ring (bicyclic) bond motifs is 1. The Kier molecular flexibility index (Phi) is 4.62. The first kappa shape index (κ1) is 21.0. The van der Waals surface area contributed by atoms with E-state index in [1.807, 2.05) is 9.58 Å². The Morgan fingerprint density at radius 3 is 2.50 bits per heavy atom. The van der Waals surface area contributed by atoms with Gasteiger partial charge in [-0.25, -0.2) is 14.6 Å². The molecule has 2 aliphatic heterocycles. The van der Waals surface area contributed by atoms with Crippen molar-refractivity contribution in [1.82, 2.24) is 24.7 Å². The zero-order valence-corrected chi connectivity index (χ0v) is 18.4. The molecule has 2 fully saturated rings. The molecule has 1 spiro atoms. The maximum atomic E-state index is 13.0. The first-order valence-electron chi connectivity index (χ1n) is 10.7. The van der Waals surface area contributed by atoms with Crippen LogP contribution in [0.4, 0.5) is 24.7 Å². The fraction of sp³-hybridized carbons (Fsp3) is 0.545. The van der Waals surface area contributed by atoms with Crippen molar-refractivity contribution in [3.8, 4) is 0 Å². The summed E-state index contributed by atoms with van der Waals surface area (Å²) >= 11 is 0. The lowest BCUT2D eigenvalue weighted by Crippen LogP contribution is -2.57. The van der Waals surface area contributed by atoms with Crippen molar-refractivity contribution in [2.75, 3.05) is 36.0 Å². The second-order valence-corrected chi connectivity index (χ2v) is 10.2. The third kappa shape index (κ3) is 3.86. The van der Waals surface area contributed by atoms with Gasteiger partial charge in [0.25, 0.3) is 0 Å². The molecule has 3 aromatic rings. The fourth-order valence-electron chi connectivity index (χ4n) is 4.66. The summed E-state index contributed by atoms with van der Waals surface area (Å²) in [5.41, 5.74) is 1.42. The summed E-state index contributed by atoms with van der Waals surface area (Å²) in [6.07, 6.45) is 1.31. The smallest absolute Gasteiger partial charge is 0.370 e. The first-order valence-corrected chi connectivity index (χ1v) is 10.7. The Bertz CT molecular complexity index is 1140. The van der Waals surface area contributed by atoms with Crippen molar-refractivity contribution in [2.45, 2.75) is 39.9 Å². The lowest BCUT2D eigenvalue weighted by molar-refractivity contribution is -0.141. The molecule has 32 heavy (non-hydrogen) atoms. The minimum absolute atomic E-state index is 0.0595. The molecule has 7 nitrogen and oxygen atoms in total. The van der Waals surface area contributed by atoms with Crippen molar-refractivity contribution >= 4 is 22.7 Å². The topological polar surface area (TPSA) is 63.0 Å². The van der Waals surface area contributed by atoms with E-state index < -0.39 is 11.9 Å². The quantitative estimate of drug-likeness (QED) is 0.607. The molecule has 0 aliphatic carbocycles. The van der Waals surface area contributed by atoms with Crippen LogP contribution >= 0.6 is 0 Å². The average molecular weight is 445 g/mol. The summed E-state index contributed by atoms with van der Waals surface area (Å²) in [5.74, 6) is 0.826. The Balaban J connectivity index is 1.30. The molecule has 0 amide bonds. The predicted molar refractivity (Wildman–Crippen MR) is 115 cm³/mol. The summed E-state index contributed by atoms with van der Waals surface area (Å²) < 4.78 is 40.9. The van der Waals surface area contributed by atoms with Gasteiger partial charge in [0.05, 0.1) is 12.4 Å². The van der Waals surface area contributed by atoms with Gasteiger partial charge in [-0.15, -0.1) is 0 Å². The molecule has 10 heteroatoms. The number of nitrogens with zero attached hydrogens (tertiary/aromatic N) is 7. The van der Waals surface area contributed by atoms with Crippen LogP contribution in [0.15, 0.2) is 30.7 Å². The SMILES string of the molecule is CC(C)(C)Cn1ncc2ncc(N3CCC4(CN(c5ccnc(C(F)(F)F)c5)C4)C3)nc21. The van der Waals surface area contributed by atoms with Gasteiger partial charge in [-0.05, 0) is 24.0 Å². The van der Waals surface area contributed by atoms with Gasteiger partial charge in [0.1, 0.15) is 17.0 Å². The monoisotopic (exact) mass is 445 g/mol. The minimum atomic E-state index is -4.43. The zero-order chi connectivity index (χ0) is 22.7. The number of hydrogen-bond donors (Lipinski definition) is 0. The third-order valence-electron chi connectivity index (χ3n) is 6.17. The number of pyridine rings is 1. The van der Waals surface area contributed by atoms with Crippen LogP contribution in [0.3, 0.4) is 0 Å². The number of hydrogen-bond acceptors (Lipinski definition) is 6. The third-order valence-corrected chi connectivity index (χ3v) is 6.17. The first-order chi connectivity index (χ1) is 15.0. The molecule has 0 unspecified atom stereocenters. The van der Waals surface area contributed by atoms with Crippen LogP contribution in [0.5, 0.6) is 0 Å². The Morgan fingerprint density at radius 2 is 1.78 bits per heavy atom. The average Bonchev–Trinajstić information content (AvgIpc) is 3.30. The highest BCUT2D eigenvalue weighted by molar-refractivity contribution is 5.71. The molecule has 5 heterocycles. The number of rotatable bonds is 3. The van der Waals surface area contributed by atoms with Gasteiger partial charge in [-0.1, -0.05) is 20.8 Å². The van der Waals surface area contributed by atoms with Crippen molar-refractivity contribution in [3.05, 3.63) is 36.4 Å². The highest BCUT2D eigenvalue weighted by atomic mass is 19.4. The molecular formula is C22H26F3N7. The maximum absolute atomic E-state index is 13.0.